The topological polar surface area (TPSA) is 65.4 Å². The lowest BCUT2D eigenvalue weighted by molar-refractivity contribution is -0.0379. The summed E-state index contributed by atoms with van der Waals surface area (Å²) < 4.78 is 12.2. The van der Waals surface area contributed by atoms with Gasteiger partial charge in [-0.2, -0.15) is 0 Å². The van der Waals surface area contributed by atoms with E-state index in [1.54, 1.807) is 17.0 Å². The van der Waals surface area contributed by atoms with Gasteiger partial charge in [0.05, 0.1) is 43.0 Å². The molecule has 0 saturated carbocycles. The predicted molar refractivity (Wildman–Crippen MR) is 76.6 cm³/mol. The van der Waals surface area contributed by atoms with Crippen LogP contribution in [0.25, 0.3) is 5.69 Å². The van der Waals surface area contributed by atoms with Crippen LogP contribution in [0.5, 0.6) is 0 Å². The number of nitrogens with one attached hydrogen (secondary N) is 1. The Balaban J connectivity index is 1.75. The van der Waals surface area contributed by atoms with Gasteiger partial charge in [-0.05, 0) is 12.1 Å². The number of para-hydroxylation sites is 1. The van der Waals surface area contributed by atoms with Gasteiger partial charge in [-0.3, -0.25) is 9.36 Å². The summed E-state index contributed by atoms with van der Waals surface area (Å²) in [6.07, 6.45) is 2.67. The van der Waals surface area contributed by atoms with Crippen molar-refractivity contribution in [1.82, 2.24) is 14.9 Å². The molecule has 21 heavy (non-hydrogen) atoms. The van der Waals surface area contributed by atoms with E-state index in [9.17, 15) is 4.79 Å². The van der Waals surface area contributed by atoms with Gasteiger partial charge in [-0.1, -0.05) is 23.7 Å². The second kappa shape index (κ2) is 6.26. The molecule has 1 saturated heterocycles. The van der Waals surface area contributed by atoms with E-state index in [-0.39, 0.29) is 12.2 Å². The molecule has 1 fully saturated rings. The molecule has 110 valence electrons. The Kier molecular flexibility index (Phi) is 4.19. The minimum absolute atomic E-state index is 0.258. The maximum atomic E-state index is 12.2. The highest BCUT2D eigenvalue weighted by molar-refractivity contribution is 6.32. The number of hydrogen-bond acceptors (Lipinski definition) is 4. The lowest BCUT2D eigenvalue weighted by Crippen LogP contribution is -2.33. The van der Waals surface area contributed by atoms with Crippen LogP contribution in [-0.2, 0) is 9.47 Å². The third-order valence-corrected chi connectivity index (χ3v) is 3.42. The number of benzene rings is 1. The zero-order valence-electron chi connectivity index (χ0n) is 11.2. The molecular weight excluding hydrogens is 294 g/mol. The summed E-state index contributed by atoms with van der Waals surface area (Å²) in [7, 11) is 0. The monoisotopic (exact) mass is 307 g/mol. The molecule has 2 heterocycles. The number of halogens is 1. The molecule has 1 amide bonds. The molecule has 0 aliphatic carbocycles. The van der Waals surface area contributed by atoms with E-state index in [1.807, 2.05) is 18.2 Å². The second-order valence-corrected chi connectivity index (χ2v) is 4.89. The van der Waals surface area contributed by atoms with Crippen molar-refractivity contribution >= 4 is 17.5 Å². The number of nitrogens with zero attached hydrogens (tertiary/aromatic N) is 2. The highest BCUT2D eigenvalue weighted by Crippen LogP contribution is 2.21. The number of rotatable bonds is 4. The maximum absolute atomic E-state index is 12.2. The molecule has 3 rings (SSSR count). The summed E-state index contributed by atoms with van der Waals surface area (Å²) >= 11 is 6.15. The van der Waals surface area contributed by atoms with Crippen LogP contribution in [0.3, 0.4) is 0 Å². The predicted octanol–water partition coefficient (Wildman–Crippen LogP) is 1.63. The smallest absolute Gasteiger partial charge is 0.270 e. The molecule has 0 unspecified atom stereocenters. The first-order valence-corrected chi connectivity index (χ1v) is 6.92. The normalized spacial score (nSPS) is 15.3. The van der Waals surface area contributed by atoms with Crippen LogP contribution in [0.1, 0.15) is 10.5 Å². The molecule has 1 aromatic heterocycles. The van der Waals surface area contributed by atoms with Gasteiger partial charge in [0, 0.05) is 0 Å². The Morgan fingerprint density at radius 1 is 1.38 bits per heavy atom. The van der Waals surface area contributed by atoms with Crippen molar-refractivity contribution in [3.05, 3.63) is 47.5 Å². The van der Waals surface area contributed by atoms with E-state index in [1.165, 1.54) is 6.20 Å². The minimum Gasteiger partial charge on any atom is -0.348 e. The molecule has 1 aliphatic rings. The largest absolute Gasteiger partial charge is 0.348 e. The third-order valence-electron chi connectivity index (χ3n) is 3.10. The van der Waals surface area contributed by atoms with Gasteiger partial charge in [0.25, 0.3) is 5.91 Å². The number of carbonyl (C=O) groups excluding carboxylic acids is 1. The molecule has 7 heteroatoms. The molecule has 0 radical (unpaired) electrons. The average molecular weight is 308 g/mol. The van der Waals surface area contributed by atoms with Crippen LogP contribution < -0.4 is 5.32 Å². The SMILES string of the molecule is O=C(NCC1OCCO1)c1cncn1-c1ccccc1Cl. The Bertz CT molecular complexity index is 638. The minimum atomic E-state index is -0.384. The fourth-order valence-corrected chi connectivity index (χ4v) is 2.32. The Morgan fingerprint density at radius 2 is 2.14 bits per heavy atom. The quantitative estimate of drug-likeness (QED) is 0.932. The summed E-state index contributed by atoms with van der Waals surface area (Å²) in [5.41, 5.74) is 1.11. The van der Waals surface area contributed by atoms with Crippen molar-refractivity contribution in [2.24, 2.45) is 0 Å². The molecule has 1 N–H and O–H groups in total. The van der Waals surface area contributed by atoms with Crippen LogP contribution in [-0.4, -0.2) is 41.5 Å². The molecule has 6 nitrogen and oxygen atoms in total. The van der Waals surface area contributed by atoms with Gasteiger partial charge in [-0.25, -0.2) is 4.98 Å². The van der Waals surface area contributed by atoms with Crippen molar-refractivity contribution in [3.63, 3.8) is 0 Å². The standard InChI is InChI=1S/C14H14ClN3O3/c15-10-3-1-2-4-11(10)18-9-16-7-12(18)14(19)17-8-13-20-5-6-21-13/h1-4,7,9,13H,5-6,8H2,(H,17,19). The molecule has 1 aliphatic heterocycles. The summed E-state index contributed by atoms with van der Waals surface area (Å²) in [6.45, 7) is 1.41. The molecule has 0 atom stereocenters. The van der Waals surface area contributed by atoms with E-state index >= 15 is 0 Å². The zero-order valence-corrected chi connectivity index (χ0v) is 11.9. The van der Waals surface area contributed by atoms with E-state index in [4.69, 9.17) is 21.1 Å². The van der Waals surface area contributed by atoms with Gasteiger partial charge in [0.15, 0.2) is 6.29 Å². The van der Waals surface area contributed by atoms with Crippen molar-refractivity contribution in [2.45, 2.75) is 6.29 Å². The van der Waals surface area contributed by atoms with Crippen molar-refractivity contribution in [1.29, 1.82) is 0 Å². The Hall–Kier alpha value is -1.89. The highest BCUT2D eigenvalue weighted by Gasteiger charge is 2.19. The number of aromatic nitrogens is 2. The first-order chi connectivity index (χ1) is 10.3. The highest BCUT2D eigenvalue weighted by atomic mass is 35.5. The van der Waals surface area contributed by atoms with Gasteiger partial charge in [0.2, 0.25) is 0 Å². The first kappa shape index (κ1) is 14.1. The van der Waals surface area contributed by atoms with Gasteiger partial charge < -0.3 is 14.8 Å². The molecule has 0 bridgehead atoms. The van der Waals surface area contributed by atoms with Gasteiger partial charge >= 0.3 is 0 Å². The average Bonchev–Trinajstić information content (AvgIpc) is 3.16. The fourth-order valence-electron chi connectivity index (χ4n) is 2.09. The van der Waals surface area contributed by atoms with Gasteiger partial charge in [0.1, 0.15) is 5.69 Å². The van der Waals surface area contributed by atoms with Crippen LogP contribution in [0.2, 0.25) is 5.02 Å². The number of carbonyl (C=O) groups is 1. The Labute approximate surface area is 126 Å². The van der Waals surface area contributed by atoms with E-state index in [0.29, 0.717) is 36.2 Å². The summed E-state index contributed by atoms with van der Waals surface area (Å²) in [4.78, 5) is 16.3. The summed E-state index contributed by atoms with van der Waals surface area (Å²) in [5, 5.41) is 3.31. The van der Waals surface area contributed by atoms with Crippen molar-refractivity contribution < 1.29 is 14.3 Å². The van der Waals surface area contributed by atoms with E-state index in [2.05, 4.69) is 10.3 Å². The van der Waals surface area contributed by atoms with E-state index < -0.39 is 0 Å². The maximum Gasteiger partial charge on any atom is 0.270 e. The number of ether oxygens (including phenoxy) is 2. The third kappa shape index (κ3) is 3.07. The lowest BCUT2D eigenvalue weighted by Gasteiger charge is -2.12. The zero-order chi connectivity index (χ0) is 14.7. The number of amides is 1. The molecular formula is C14H14ClN3O3. The van der Waals surface area contributed by atoms with Crippen LogP contribution in [0.15, 0.2) is 36.8 Å². The fraction of sp³-hybridized carbons (Fsp3) is 0.286. The number of imidazole rings is 1. The van der Waals surface area contributed by atoms with Crippen molar-refractivity contribution in [3.8, 4) is 5.69 Å². The van der Waals surface area contributed by atoms with Crippen molar-refractivity contribution in [2.75, 3.05) is 19.8 Å². The molecule has 0 spiro atoms. The summed E-state index contributed by atoms with van der Waals surface area (Å²) in [5.74, 6) is -0.258. The van der Waals surface area contributed by atoms with E-state index in [0.717, 1.165) is 0 Å². The first-order valence-electron chi connectivity index (χ1n) is 6.54. The second-order valence-electron chi connectivity index (χ2n) is 4.48. The molecule has 2 aromatic rings. The molecule has 1 aromatic carbocycles. The Morgan fingerprint density at radius 3 is 2.90 bits per heavy atom. The summed E-state index contributed by atoms with van der Waals surface area (Å²) in [6, 6.07) is 7.27. The van der Waals surface area contributed by atoms with Gasteiger partial charge in [-0.15, -0.1) is 0 Å². The number of hydrogen-bond donors (Lipinski definition) is 1. The van der Waals surface area contributed by atoms with Crippen LogP contribution >= 0.6 is 11.6 Å². The van der Waals surface area contributed by atoms with Crippen LogP contribution in [0.4, 0.5) is 0 Å². The lowest BCUT2D eigenvalue weighted by atomic mass is 10.3. The van der Waals surface area contributed by atoms with Crippen LogP contribution in [0, 0.1) is 0 Å².